The van der Waals surface area contributed by atoms with E-state index in [4.69, 9.17) is 5.26 Å². The lowest BCUT2D eigenvalue weighted by molar-refractivity contribution is 0.296. The Balaban J connectivity index is 1.46. The first-order chi connectivity index (χ1) is 14.2. The lowest BCUT2D eigenvalue weighted by Crippen LogP contribution is -2.13. The zero-order chi connectivity index (χ0) is 20.5. The summed E-state index contributed by atoms with van der Waals surface area (Å²) in [7, 11) is 0. The van der Waals surface area contributed by atoms with Gasteiger partial charge in [-0.05, 0) is 92.0 Å². The fraction of sp³-hybridized carbons (Fsp3) is 0.423. The first-order valence-corrected chi connectivity index (χ1v) is 10.7. The Morgan fingerprint density at radius 1 is 1.00 bits per heavy atom. The third-order valence-corrected chi connectivity index (χ3v) is 6.02. The van der Waals surface area contributed by atoms with Crippen molar-refractivity contribution >= 4 is 0 Å². The topological polar surface area (TPSA) is 23.8 Å². The van der Waals surface area contributed by atoms with Crippen molar-refractivity contribution in [1.29, 1.82) is 5.26 Å². The van der Waals surface area contributed by atoms with Gasteiger partial charge in [-0.15, -0.1) is 0 Å². The van der Waals surface area contributed by atoms with E-state index < -0.39 is 5.82 Å². The highest BCUT2D eigenvalue weighted by atomic mass is 19.1. The standard InChI is InChI=1S/C26H29F2N/c27-17-3-1-2-4-20-5-7-21(8-6-20)9-10-22-11-13-23(14-12-22)24-15-16-25(19-29)26(28)18-24/h2,4,11-16,18,20-21H,1,3,5-10,17H2. The molecule has 1 fully saturated rings. The van der Waals surface area contributed by atoms with E-state index in [0.29, 0.717) is 12.3 Å². The van der Waals surface area contributed by atoms with Crippen LogP contribution in [-0.4, -0.2) is 6.67 Å². The first kappa shape index (κ1) is 21.2. The van der Waals surface area contributed by atoms with Gasteiger partial charge in [0.2, 0.25) is 0 Å². The summed E-state index contributed by atoms with van der Waals surface area (Å²) in [5.74, 6) is 0.998. The summed E-state index contributed by atoms with van der Waals surface area (Å²) < 4.78 is 26.0. The summed E-state index contributed by atoms with van der Waals surface area (Å²) in [6.45, 7) is -0.220. The zero-order valence-corrected chi connectivity index (χ0v) is 16.9. The number of rotatable bonds is 8. The third-order valence-electron chi connectivity index (χ3n) is 6.02. The monoisotopic (exact) mass is 393 g/mol. The highest BCUT2D eigenvalue weighted by Gasteiger charge is 2.19. The maximum absolute atomic E-state index is 13.8. The van der Waals surface area contributed by atoms with E-state index in [1.165, 1.54) is 49.8 Å². The molecule has 1 aliphatic rings. The molecule has 1 nitrogen and oxygen atoms in total. The van der Waals surface area contributed by atoms with E-state index >= 15 is 0 Å². The molecule has 1 aliphatic carbocycles. The number of benzene rings is 2. The molecule has 2 aromatic carbocycles. The second-order valence-electron chi connectivity index (χ2n) is 8.08. The number of unbranched alkanes of at least 4 members (excludes halogenated alkanes) is 1. The molecule has 1 saturated carbocycles. The first-order valence-electron chi connectivity index (χ1n) is 10.7. The predicted molar refractivity (Wildman–Crippen MR) is 115 cm³/mol. The fourth-order valence-electron chi connectivity index (χ4n) is 4.17. The Bertz CT molecular complexity index is 840. The SMILES string of the molecule is N#Cc1ccc(-c2ccc(CCC3CCC(C=CCCCF)CC3)cc2)cc1F. The number of hydrogen-bond acceptors (Lipinski definition) is 1. The highest BCUT2D eigenvalue weighted by molar-refractivity contribution is 5.64. The zero-order valence-electron chi connectivity index (χ0n) is 16.9. The number of aryl methyl sites for hydroxylation is 1. The minimum absolute atomic E-state index is 0.0790. The van der Waals surface area contributed by atoms with Gasteiger partial charge in [0.25, 0.3) is 0 Å². The maximum atomic E-state index is 13.8. The van der Waals surface area contributed by atoms with Gasteiger partial charge in [0.1, 0.15) is 11.9 Å². The number of hydrogen-bond donors (Lipinski definition) is 0. The van der Waals surface area contributed by atoms with Crippen molar-refractivity contribution in [2.45, 2.75) is 51.4 Å². The smallest absolute Gasteiger partial charge is 0.141 e. The molecule has 0 amide bonds. The van der Waals surface area contributed by atoms with Crippen LogP contribution in [0.1, 0.15) is 56.1 Å². The predicted octanol–water partition coefficient (Wildman–Crippen LogP) is 7.41. The summed E-state index contributed by atoms with van der Waals surface area (Å²) in [6.07, 6.45) is 13.3. The molecular formula is C26H29F2N. The van der Waals surface area contributed by atoms with Crippen LogP contribution in [0.2, 0.25) is 0 Å². The van der Waals surface area contributed by atoms with E-state index in [9.17, 15) is 8.78 Å². The summed E-state index contributed by atoms with van der Waals surface area (Å²) in [5, 5.41) is 8.85. The van der Waals surface area contributed by atoms with Crippen molar-refractivity contribution < 1.29 is 8.78 Å². The Kier molecular flexibility index (Phi) is 7.99. The molecule has 2 aromatic rings. The van der Waals surface area contributed by atoms with Gasteiger partial charge in [-0.1, -0.05) is 42.5 Å². The van der Waals surface area contributed by atoms with Gasteiger partial charge in [0.15, 0.2) is 0 Å². The van der Waals surface area contributed by atoms with E-state index in [2.05, 4.69) is 24.3 Å². The molecule has 0 unspecified atom stereocenters. The van der Waals surface area contributed by atoms with Crippen molar-refractivity contribution in [3.63, 3.8) is 0 Å². The Hall–Kier alpha value is -2.47. The minimum Gasteiger partial charge on any atom is -0.251 e. The van der Waals surface area contributed by atoms with Gasteiger partial charge in [-0.3, -0.25) is 4.39 Å². The van der Waals surface area contributed by atoms with Gasteiger partial charge in [0, 0.05) is 0 Å². The molecule has 0 heterocycles. The molecule has 0 radical (unpaired) electrons. The Morgan fingerprint density at radius 2 is 1.72 bits per heavy atom. The van der Waals surface area contributed by atoms with Crippen molar-refractivity contribution in [2.75, 3.05) is 6.67 Å². The molecule has 29 heavy (non-hydrogen) atoms. The Labute approximate surface area is 173 Å². The molecule has 3 heteroatoms. The van der Waals surface area contributed by atoms with Gasteiger partial charge < -0.3 is 0 Å². The maximum Gasteiger partial charge on any atom is 0.141 e. The van der Waals surface area contributed by atoms with Gasteiger partial charge in [0.05, 0.1) is 12.2 Å². The van der Waals surface area contributed by atoms with Gasteiger partial charge in [-0.2, -0.15) is 5.26 Å². The van der Waals surface area contributed by atoms with E-state index in [1.807, 2.05) is 18.2 Å². The average molecular weight is 394 g/mol. The molecule has 0 aromatic heterocycles. The molecule has 152 valence electrons. The number of alkyl halides is 1. The average Bonchev–Trinajstić information content (AvgIpc) is 2.76. The molecule has 0 spiro atoms. The molecule has 0 atom stereocenters. The van der Waals surface area contributed by atoms with Crippen LogP contribution in [0.15, 0.2) is 54.6 Å². The lowest BCUT2D eigenvalue weighted by atomic mass is 9.79. The fourth-order valence-corrected chi connectivity index (χ4v) is 4.17. The number of nitriles is 1. The highest BCUT2D eigenvalue weighted by Crippen LogP contribution is 2.32. The summed E-state index contributed by atoms with van der Waals surface area (Å²) >= 11 is 0. The molecule has 0 aliphatic heterocycles. The minimum atomic E-state index is -0.470. The molecule has 3 rings (SSSR count). The van der Waals surface area contributed by atoms with E-state index in [1.54, 1.807) is 6.07 Å². The second-order valence-corrected chi connectivity index (χ2v) is 8.08. The van der Waals surface area contributed by atoms with E-state index in [0.717, 1.165) is 29.9 Å². The summed E-state index contributed by atoms with van der Waals surface area (Å²) in [4.78, 5) is 0. The van der Waals surface area contributed by atoms with E-state index in [-0.39, 0.29) is 12.2 Å². The van der Waals surface area contributed by atoms with Gasteiger partial charge >= 0.3 is 0 Å². The second kappa shape index (κ2) is 10.9. The van der Waals surface area contributed by atoms with Crippen molar-refractivity contribution in [2.24, 2.45) is 11.8 Å². The number of allylic oxidation sites excluding steroid dienone is 2. The van der Waals surface area contributed by atoms with Gasteiger partial charge in [-0.25, -0.2) is 4.39 Å². The molecule has 0 bridgehead atoms. The van der Waals surface area contributed by atoms with Crippen LogP contribution in [0.3, 0.4) is 0 Å². The van der Waals surface area contributed by atoms with Crippen LogP contribution in [0, 0.1) is 29.0 Å². The van der Waals surface area contributed by atoms with Crippen molar-refractivity contribution in [3.8, 4) is 17.2 Å². The summed E-state index contributed by atoms with van der Waals surface area (Å²) in [5.41, 5.74) is 3.16. The third kappa shape index (κ3) is 6.26. The van der Waals surface area contributed by atoms with Crippen LogP contribution in [0.25, 0.3) is 11.1 Å². The van der Waals surface area contributed by atoms with Crippen LogP contribution in [-0.2, 0) is 6.42 Å². The number of halogens is 2. The largest absolute Gasteiger partial charge is 0.251 e. The molecule has 0 saturated heterocycles. The van der Waals surface area contributed by atoms with Crippen LogP contribution in [0.5, 0.6) is 0 Å². The van der Waals surface area contributed by atoms with Crippen LogP contribution in [0.4, 0.5) is 8.78 Å². The normalized spacial score (nSPS) is 19.3. The van der Waals surface area contributed by atoms with Crippen molar-refractivity contribution in [1.82, 2.24) is 0 Å². The molecular weight excluding hydrogens is 364 g/mol. The number of nitrogens with zero attached hydrogens (tertiary/aromatic N) is 1. The quantitative estimate of drug-likeness (QED) is 0.338. The lowest BCUT2D eigenvalue weighted by Gasteiger charge is -2.26. The van der Waals surface area contributed by atoms with Crippen LogP contribution < -0.4 is 0 Å². The Morgan fingerprint density at radius 3 is 2.38 bits per heavy atom. The van der Waals surface area contributed by atoms with Crippen molar-refractivity contribution in [3.05, 3.63) is 71.6 Å². The molecule has 0 N–H and O–H groups in total. The van der Waals surface area contributed by atoms with Crippen LogP contribution >= 0.6 is 0 Å². The summed E-state index contributed by atoms with van der Waals surface area (Å²) in [6, 6.07) is 14.9.